The van der Waals surface area contributed by atoms with Crippen molar-refractivity contribution in [1.29, 1.82) is 0 Å². The zero-order valence-corrected chi connectivity index (χ0v) is 17.1. The van der Waals surface area contributed by atoms with Crippen molar-refractivity contribution in [3.63, 3.8) is 0 Å². The minimum atomic E-state index is -0.528. The van der Waals surface area contributed by atoms with Crippen LogP contribution in [0, 0.1) is 0 Å². The fraction of sp³-hybridized carbons (Fsp3) is 0.130. The van der Waals surface area contributed by atoms with E-state index in [0.717, 1.165) is 5.56 Å². The lowest BCUT2D eigenvalue weighted by Crippen LogP contribution is -2.24. The van der Waals surface area contributed by atoms with Crippen molar-refractivity contribution in [3.05, 3.63) is 95.6 Å². The molecule has 0 bridgehead atoms. The highest BCUT2D eigenvalue weighted by atomic mass is 16.5. The smallest absolute Gasteiger partial charge is 0.407 e. The van der Waals surface area contributed by atoms with Gasteiger partial charge in [-0.25, -0.2) is 4.79 Å². The van der Waals surface area contributed by atoms with Crippen LogP contribution in [0.1, 0.15) is 27.4 Å². The number of ether oxygens (including phenoxy) is 1. The second-order valence-electron chi connectivity index (χ2n) is 6.86. The van der Waals surface area contributed by atoms with Gasteiger partial charge >= 0.3 is 6.09 Å². The van der Waals surface area contributed by atoms with Crippen LogP contribution in [-0.4, -0.2) is 27.2 Å². The van der Waals surface area contributed by atoms with Gasteiger partial charge in [0, 0.05) is 12.6 Å². The van der Waals surface area contributed by atoms with E-state index in [1.807, 2.05) is 30.3 Å². The average molecular weight is 431 g/mol. The first-order chi connectivity index (χ1) is 15.7. The zero-order valence-electron chi connectivity index (χ0n) is 17.1. The van der Waals surface area contributed by atoms with Crippen molar-refractivity contribution in [1.82, 2.24) is 25.8 Å². The molecule has 3 N–H and O–H groups in total. The van der Waals surface area contributed by atoms with E-state index in [4.69, 9.17) is 9.15 Å². The second kappa shape index (κ2) is 10.1. The van der Waals surface area contributed by atoms with E-state index in [1.165, 1.54) is 0 Å². The highest BCUT2D eigenvalue weighted by Crippen LogP contribution is 2.17. The van der Waals surface area contributed by atoms with Gasteiger partial charge in [-0.05, 0) is 29.8 Å². The van der Waals surface area contributed by atoms with Crippen molar-refractivity contribution in [2.45, 2.75) is 19.7 Å². The molecule has 162 valence electrons. The number of H-pyrrole nitrogens is 1. The molecular formula is C23H21N5O4. The number of nitrogens with one attached hydrogen (secondary N) is 3. The maximum atomic E-state index is 12.4. The summed E-state index contributed by atoms with van der Waals surface area (Å²) in [6, 6.07) is 20.0. The van der Waals surface area contributed by atoms with Gasteiger partial charge in [-0.3, -0.25) is 14.9 Å². The van der Waals surface area contributed by atoms with Crippen molar-refractivity contribution in [2.24, 2.45) is 0 Å². The minimum absolute atomic E-state index is 0.0221. The lowest BCUT2D eigenvalue weighted by atomic mass is 10.2. The van der Waals surface area contributed by atoms with E-state index in [9.17, 15) is 9.59 Å². The van der Waals surface area contributed by atoms with Gasteiger partial charge in [0.15, 0.2) is 11.5 Å². The third kappa shape index (κ3) is 5.60. The van der Waals surface area contributed by atoms with Crippen LogP contribution in [0.15, 0.2) is 77.4 Å². The summed E-state index contributed by atoms with van der Waals surface area (Å²) in [5.41, 5.74) is 3.04. The zero-order chi connectivity index (χ0) is 22.2. The van der Waals surface area contributed by atoms with E-state index >= 15 is 0 Å². The molecule has 9 heteroatoms. The molecule has 3 aromatic heterocycles. The molecule has 0 unspecified atom stereocenters. The summed E-state index contributed by atoms with van der Waals surface area (Å²) in [5, 5.41) is 12.2. The van der Waals surface area contributed by atoms with Crippen LogP contribution in [0.25, 0.3) is 11.5 Å². The van der Waals surface area contributed by atoms with Crippen LogP contribution < -0.4 is 10.6 Å². The molecule has 0 aliphatic heterocycles. The van der Waals surface area contributed by atoms with E-state index < -0.39 is 6.09 Å². The summed E-state index contributed by atoms with van der Waals surface area (Å²) >= 11 is 0. The maximum Gasteiger partial charge on any atom is 0.407 e. The first kappa shape index (κ1) is 20.9. The Kier molecular flexibility index (Phi) is 6.57. The molecular weight excluding hydrogens is 410 g/mol. The number of pyridine rings is 1. The number of amides is 2. The number of aromatic amines is 1. The van der Waals surface area contributed by atoms with Crippen LogP contribution >= 0.6 is 0 Å². The highest BCUT2D eigenvalue weighted by Gasteiger charge is 2.13. The monoisotopic (exact) mass is 431 g/mol. The molecule has 0 aliphatic rings. The molecule has 0 atom stereocenters. The molecule has 2 amide bonds. The van der Waals surface area contributed by atoms with Crippen LogP contribution in [0.5, 0.6) is 0 Å². The molecule has 0 fully saturated rings. The summed E-state index contributed by atoms with van der Waals surface area (Å²) < 4.78 is 10.5. The van der Waals surface area contributed by atoms with E-state index in [2.05, 4.69) is 25.8 Å². The molecule has 0 radical (unpaired) electrons. The molecule has 32 heavy (non-hydrogen) atoms. The number of furan rings is 1. The third-order valence-corrected chi connectivity index (χ3v) is 4.52. The molecule has 0 spiro atoms. The summed E-state index contributed by atoms with van der Waals surface area (Å²) in [7, 11) is 0. The van der Waals surface area contributed by atoms with Gasteiger partial charge < -0.3 is 19.8 Å². The predicted octanol–water partition coefficient (Wildman–Crippen LogP) is 3.42. The van der Waals surface area contributed by atoms with Gasteiger partial charge in [0.2, 0.25) is 0 Å². The Hall–Kier alpha value is -4.40. The molecule has 0 saturated heterocycles. The van der Waals surface area contributed by atoms with Crippen LogP contribution in [-0.2, 0) is 24.4 Å². The topological polar surface area (TPSA) is 122 Å². The van der Waals surface area contributed by atoms with Crippen LogP contribution in [0.3, 0.4) is 0 Å². The minimum Gasteiger partial charge on any atom is -0.463 e. The van der Waals surface area contributed by atoms with Gasteiger partial charge in [0.1, 0.15) is 12.3 Å². The number of hydrogen-bond acceptors (Lipinski definition) is 6. The predicted molar refractivity (Wildman–Crippen MR) is 115 cm³/mol. The first-order valence-corrected chi connectivity index (χ1v) is 9.94. The number of carbonyl (C=O) groups excluding carboxylic acids is 2. The summed E-state index contributed by atoms with van der Waals surface area (Å²) in [6.07, 6.45) is 1.02. The van der Waals surface area contributed by atoms with Gasteiger partial charge in [-0.15, -0.1) is 0 Å². The van der Waals surface area contributed by atoms with Crippen molar-refractivity contribution in [2.75, 3.05) is 0 Å². The van der Waals surface area contributed by atoms with E-state index in [0.29, 0.717) is 29.4 Å². The quantitative estimate of drug-likeness (QED) is 0.393. The molecule has 3 heterocycles. The van der Waals surface area contributed by atoms with Crippen LogP contribution in [0.4, 0.5) is 4.79 Å². The summed E-state index contributed by atoms with van der Waals surface area (Å²) in [6.45, 7) is 0.609. The average Bonchev–Trinajstić information content (AvgIpc) is 3.53. The highest BCUT2D eigenvalue weighted by molar-refractivity contribution is 5.93. The fourth-order valence-corrected chi connectivity index (χ4v) is 2.93. The molecule has 9 nitrogen and oxygen atoms in total. The Morgan fingerprint density at radius 3 is 2.59 bits per heavy atom. The lowest BCUT2D eigenvalue weighted by molar-refractivity contribution is 0.0945. The molecule has 4 aromatic rings. The van der Waals surface area contributed by atoms with Gasteiger partial charge in [-0.2, -0.15) is 5.10 Å². The molecule has 4 rings (SSSR count). The number of benzene rings is 1. The van der Waals surface area contributed by atoms with E-state index in [-0.39, 0.29) is 24.8 Å². The Balaban J connectivity index is 1.25. The number of aromatic nitrogens is 3. The lowest BCUT2D eigenvalue weighted by Gasteiger charge is -2.08. The Morgan fingerprint density at radius 1 is 0.938 bits per heavy atom. The second-order valence-corrected chi connectivity index (χ2v) is 6.86. The SMILES string of the molecule is O=C(NCc1ccccc1)OCc1cccc(CNC(=O)c2cc(-c3ccco3)[nH]n2)n1. The first-order valence-electron chi connectivity index (χ1n) is 9.94. The third-order valence-electron chi connectivity index (χ3n) is 4.52. The number of carbonyl (C=O) groups is 2. The summed E-state index contributed by atoms with van der Waals surface area (Å²) in [5.74, 6) is 0.251. The Morgan fingerprint density at radius 2 is 1.78 bits per heavy atom. The van der Waals surface area contributed by atoms with E-state index in [1.54, 1.807) is 42.7 Å². The molecule has 1 aromatic carbocycles. The number of hydrogen-bond donors (Lipinski definition) is 3. The van der Waals surface area contributed by atoms with Crippen LogP contribution in [0.2, 0.25) is 0 Å². The van der Waals surface area contributed by atoms with Gasteiger partial charge in [-0.1, -0.05) is 36.4 Å². The van der Waals surface area contributed by atoms with Gasteiger partial charge in [0.25, 0.3) is 5.91 Å². The maximum absolute atomic E-state index is 12.4. The number of nitrogens with zero attached hydrogens (tertiary/aromatic N) is 2. The molecule has 0 saturated carbocycles. The largest absolute Gasteiger partial charge is 0.463 e. The normalized spacial score (nSPS) is 10.5. The van der Waals surface area contributed by atoms with Crippen molar-refractivity contribution >= 4 is 12.0 Å². The Labute approximate surface area is 183 Å². The number of alkyl carbamates (subject to hydrolysis) is 1. The van der Waals surface area contributed by atoms with Gasteiger partial charge in [0.05, 0.1) is 24.2 Å². The summed E-state index contributed by atoms with van der Waals surface area (Å²) in [4.78, 5) is 28.7. The standard InChI is InChI=1S/C23H21N5O4/c29-22(20-12-19(27-28-20)21-10-5-11-31-21)24-14-17-8-4-9-18(26-17)15-32-23(30)25-13-16-6-2-1-3-7-16/h1-12H,13-15H2,(H,24,29)(H,25,30)(H,27,28). The Bertz CT molecular complexity index is 1170. The fourth-order valence-electron chi connectivity index (χ4n) is 2.93. The molecule has 0 aliphatic carbocycles. The van der Waals surface area contributed by atoms with Crippen molar-refractivity contribution < 1.29 is 18.7 Å². The van der Waals surface area contributed by atoms with Crippen molar-refractivity contribution in [3.8, 4) is 11.5 Å². The number of rotatable bonds is 8.